The highest BCUT2D eigenvalue weighted by Gasteiger charge is 2.19. The molecule has 0 amide bonds. The van der Waals surface area contributed by atoms with Gasteiger partial charge in [-0.15, -0.1) is 0 Å². The molecule has 0 bridgehead atoms. The molecule has 0 aliphatic carbocycles. The van der Waals surface area contributed by atoms with Crippen LogP contribution in [0, 0.1) is 0 Å². The summed E-state index contributed by atoms with van der Waals surface area (Å²) in [5, 5.41) is 0. The van der Waals surface area contributed by atoms with E-state index < -0.39 is 5.67 Å². The van der Waals surface area contributed by atoms with Crippen molar-refractivity contribution in [1.82, 2.24) is 4.90 Å². The van der Waals surface area contributed by atoms with Gasteiger partial charge in [-0.2, -0.15) is 0 Å². The first kappa shape index (κ1) is 18.3. The first-order valence-corrected chi connectivity index (χ1v) is 6.87. The van der Waals surface area contributed by atoms with Crippen molar-refractivity contribution in [2.75, 3.05) is 13.1 Å². The topological polar surface area (TPSA) is 3.24 Å². The van der Waals surface area contributed by atoms with Gasteiger partial charge in [-0.25, -0.2) is 4.39 Å². The van der Waals surface area contributed by atoms with E-state index in [0.717, 1.165) is 25.9 Å². The summed E-state index contributed by atoms with van der Waals surface area (Å²) in [5.74, 6) is 0. The molecule has 0 aliphatic rings. The largest absolute Gasteiger partial charge is 0.301 e. The lowest BCUT2D eigenvalue weighted by molar-refractivity contribution is 0.134. The van der Waals surface area contributed by atoms with Gasteiger partial charge in [0.15, 0.2) is 0 Å². The molecule has 0 saturated carbocycles. The number of alkyl halides is 1. The summed E-state index contributed by atoms with van der Waals surface area (Å²) < 4.78 is 13.3. The van der Waals surface area contributed by atoms with Crippen molar-refractivity contribution in [3.63, 3.8) is 0 Å². The molecule has 0 aromatic heterocycles. The van der Waals surface area contributed by atoms with Gasteiger partial charge in [-0.05, 0) is 39.7 Å². The maximum atomic E-state index is 13.3. The Labute approximate surface area is 102 Å². The molecule has 0 aromatic carbocycles. The molecule has 2 heteroatoms. The quantitative estimate of drug-likeness (QED) is 0.618. The van der Waals surface area contributed by atoms with Gasteiger partial charge in [0.25, 0.3) is 0 Å². The van der Waals surface area contributed by atoms with Gasteiger partial charge >= 0.3 is 0 Å². The third-order valence-electron chi connectivity index (χ3n) is 2.86. The van der Waals surface area contributed by atoms with Crippen molar-refractivity contribution in [2.24, 2.45) is 0 Å². The van der Waals surface area contributed by atoms with Gasteiger partial charge in [0.2, 0.25) is 0 Å². The standard InChI is InChI=1S/C12H26FN.C2H6/c1-6-11(7-2)14(8-3)10-9-12(4,5)13;1-2/h11H,6-10H2,1-5H3;1-2H3. The minimum atomic E-state index is -1.03. The van der Waals surface area contributed by atoms with Crippen molar-refractivity contribution in [3.8, 4) is 0 Å². The Hall–Kier alpha value is -0.110. The van der Waals surface area contributed by atoms with Crippen LogP contribution < -0.4 is 0 Å². The Kier molecular flexibility index (Phi) is 11.5. The summed E-state index contributed by atoms with van der Waals surface area (Å²) in [4.78, 5) is 2.39. The van der Waals surface area contributed by atoms with Crippen LogP contribution in [0.5, 0.6) is 0 Å². The number of hydrogen-bond acceptors (Lipinski definition) is 1. The summed E-state index contributed by atoms with van der Waals surface area (Å²) in [5.41, 5.74) is -1.03. The van der Waals surface area contributed by atoms with Gasteiger partial charge in [0.1, 0.15) is 5.67 Å². The number of rotatable bonds is 7. The van der Waals surface area contributed by atoms with Gasteiger partial charge < -0.3 is 4.90 Å². The summed E-state index contributed by atoms with van der Waals surface area (Å²) in [7, 11) is 0. The summed E-state index contributed by atoms with van der Waals surface area (Å²) in [6, 6.07) is 0.627. The maximum Gasteiger partial charge on any atom is 0.106 e. The average Bonchev–Trinajstić information content (AvgIpc) is 2.25. The fraction of sp³-hybridized carbons (Fsp3) is 1.00. The second-order valence-corrected chi connectivity index (χ2v) is 4.57. The summed E-state index contributed by atoms with van der Waals surface area (Å²) in [6.45, 7) is 15.8. The Morgan fingerprint density at radius 1 is 1.06 bits per heavy atom. The Morgan fingerprint density at radius 2 is 1.50 bits per heavy atom. The van der Waals surface area contributed by atoms with E-state index in [1.165, 1.54) is 0 Å². The number of nitrogens with zero attached hydrogens (tertiary/aromatic N) is 1. The second kappa shape index (κ2) is 10.1. The van der Waals surface area contributed by atoms with Crippen molar-refractivity contribution in [2.45, 2.75) is 79.4 Å². The Bertz CT molecular complexity index is 136. The van der Waals surface area contributed by atoms with E-state index in [0.29, 0.717) is 12.5 Å². The van der Waals surface area contributed by atoms with Crippen LogP contribution in [0.15, 0.2) is 0 Å². The molecule has 0 atom stereocenters. The predicted molar refractivity (Wildman–Crippen MR) is 72.8 cm³/mol. The summed E-state index contributed by atoms with van der Waals surface area (Å²) in [6.07, 6.45) is 2.96. The predicted octanol–water partition coefficient (Wildman–Crippen LogP) is 4.66. The minimum Gasteiger partial charge on any atom is -0.301 e. The van der Waals surface area contributed by atoms with Crippen LogP contribution in [-0.2, 0) is 0 Å². The molecular formula is C14H32FN. The van der Waals surface area contributed by atoms with Crippen molar-refractivity contribution in [1.29, 1.82) is 0 Å². The molecule has 0 unspecified atom stereocenters. The van der Waals surface area contributed by atoms with Crippen LogP contribution in [0.3, 0.4) is 0 Å². The normalized spacial score (nSPS) is 11.6. The third kappa shape index (κ3) is 9.14. The van der Waals surface area contributed by atoms with E-state index >= 15 is 0 Å². The highest BCUT2D eigenvalue weighted by atomic mass is 19.1. The van der Waals surface area contributed by atoms with Crippen LogP contribution in [0.2, 0.25) is 0 Å². The molecule has 0 heterocycles. The molecule has 0 fully saturated rings. The number of hydrogen-bond donors (Lipinski definition) is 0. The molecular weight excluding hydrogens is 201 g/mol. The molecule has 0 saturated heterocycles. The fourth-order valence-corrected chi connectivity index (χ4v) is 1.81. The smallest absolute Gasteiger partial charge is 0.106 e. The first-order chi connectivity index (χ1) is 7.44. The van der Waals surface area contributed by atoms with Gasteiger partial charge in [0, 0.05) is 12.6 Å². The Balaban J connectivity index is 0. The SMILES string of the molecule is CC.CCC(CC)N(CC)CCC(C)(C)F. The van der Waals surface area contributed by atoms with E-state index in [2.05, 4.69) is 25.7 Å². The second-order valence-electron chi connectivity index (χ2n) is 4.57. The molecule has 16 heavy (non-hydrogen) atoms. The van der Waals surface area contributed by atoms with Gasteiger partial charge in [-0.3, -0.25) is 0 Å². The lowest BCUT2D eigenvalue weighted by Crippen LogP contribution is -2.37. The van der Waals surface area contributed by atoms with Crippen LogP contribution in [0.4, 0.5) is 4.39 Å². The lowest BCUT2D eigenvalue weighted by atomic mass is 10.1. The lowest BCUT2D eigenvalue weighted by Gasteiger charge is -2.30. The maximum absolute atomic E-state index is 13.3. The molecule has 0 radical (unpaired) electrons. The Morgan fingerprint density at radius 3 is 1.75 bits per heavy atom. The first-order valence-electron chi connectivity index (χ1n) is 6.87. The van der Waals surface area contributed by atoms with E-state index in [1.54, 1.807) is 13.8 Å². The molecule has 0 aliphatic heterocycles. The highest BCUT2D eigenvalue weighted by Crippen LogP contribution is 2.16. The summed E-state index contributed by atoms with van der Waals surface area (Å²) >= 11 is 0. The van der Waals surface area contributed by atoms with Crippen molar-refractivity contribution < 1.29 is 4.39 Å². The van der Waals surface area contributed by atoms with E-state index in [9.17, 15) is 4.39 Å². The molecule has 100 valence electrons. The van der Waals surface area contributed by atoms with Crippen LogP contribution >= 0.6 is 0 Å². The number of halogens is 1. The van der Waals surface area contributed by atoms with Crippen LogP contribution in [0.25, 0.3) is 0 Å². The third-order valence-corrected chi connectivity index (χ3v) is 2.86. The molecule has 0 aromatic rings. The fourth-order valence-electron chi connectivity index (χ4n) is 1.81. The minimum absolute atomic E-state index is 0.627. The van der Waals surface area contributed by atoms with E-state index in [-0.39, 0.29) is 0 Å². The van der Waals surface area contributed by atoms with Crippen molar-refractivity contribution in [3.05, 3.63) is 0 Å². The van der Waals surface area contributed by atoms with Crippen LogP contribution in [-0.4, -0.2) is 29.7 Å². The van der Waals surface area contributed by atoms with Gasteiger partial charge in [-0.1, -0.05) is 34.6 Å². The molecule has 0 spiro atoms. The molecule has 1 nitrogen and oxygen atoms in total. The van der Waals surface area contributed by atoms with Crippen molar-refractivity contribution >= 4 is 0 Å². The van der Waals surface area contributed by atoms with E-state index in [1.807, 2.05) is 13.8 Å². The zero-order valence-corrected chi connectivity index (χ0v) is 12.4. The van der Waals surface area contributed by atoms with E-state index in [4.69, 9.17) is 0 Å². The zero-order valence-electron chi connectivity index (χ0n) is 12.4. The highest BCUT2D eigenvalue weighted by molar-refractivity contribution is 4.73. The van der Waals surface area contributed by atoms with Gasteiger partial charge in [0.05, 0.1) is 0 Å². The molecule has 0 rings (SSSR count). The monoisotopic (exact) mass is 233 g/mol. The molecule has 0 N–H and O–H groups in total. The van der Waals surface area contributed by atoms with Crippen LogP contribution in [0.1, 0.15) is 67.7 Å². The zero-order chi connectivity index (χ0) is 13.2. The average molecular weight is 233 g/mol.